The standard InChI is InChI=1S/C19H21N3O4/c1-11(14-10-13(26-2)4-6-17(14)23)21-19(25)12-3-5-15-16(9-12)22-18(24)7-8-20-15/h3-6,9-11,20,23H,7-8H2,1-2H3,(H,21,25)(H,22,24). The van der Waals surface area contributed by atoms with Crippen LogP contribution in [0.5, 0.6) is 11.5 Å². The SMILES string of the molecule is COc1ccc(O)c(C(C)NC(=O)c2ccc3c(c2)NC(=O)CCN3)c1. The first kappa shape index (κ1) is 17.6. The van der Waals surface area contributed by atoms with E-state index in [9.17, 15) is 14.7 Å². The molecule has 1 aliphatic rings. The van der Waals surface area contributed by atoms with Crippen LogP contribution in [0.3, 0.4) is 0 Å². The molecule has 0 fully saturated rings. The summed E-state index contributed by atoms with van der Waals surface area (Å²) in [7, 11) is 1.54. The number of anilines is 2. The van der Waals surface area contributed by atoms with Crippen LogP contribution in [-0.4, -0.2) is 30.6 Å². The van der Waals surface area contributed by atoms with E-state index < -0.39 is 6.04 Å². The van der Waals surface area contributed by atoms with Crippen molar-refractivity contribution in [1.82, 2.24) is 5.32 Å². The molecule has 0 aromatic heterocycles. The van der Waals surface area contributed by atoms with Gasteiger partial charge in [-0.2, -0.15) is 0 Å². The van der Waals surface area contributed by atoms with E-state index in [4.69, 9.17) is 4.74 Å². The smallest absolute Gasteiger partial charge is 0.251 e. The van der Waals surface area contributed by atoms with Gasteiger partial charge in [0, 0.05) is 24.1 Å². The summed E-state index contributed by atoms with van der Waals surface area (Å²) in [4.78, 5) is 24.3. The third kappa shape index (κ3) is 3.72. The molecule has 2 amide bonds. The van der Waals surface area contributed by atoms with Crippen molar-refractivity contribution in [3.05, 3.63) is 47.5 Å². The average molecular weight is 355 g/mol. The number of nitrogens with one attached hydrogen (secondary N) is 3. The zero-order chi connectivity index (χ0) is 18.7. The Hall–Kier alpha value is -3.22. The second kappa shape index (κ2) is 7.35. The highest BCUT2D eigenvalue weighted by molar-refractivity contribution is 6.00. The van der Waals surface area contributed by atoms with E-state index in [0.29, 0.717) is 35.5 Å². The summed E-state index contributed by atoms with van der Waals surface area (Å²) >= 11 is 0. The number of rotatable bonds is 4. The topological polar surface area (TPSA) is 99.7 Å². The Kier molecular flexibility index (Phi) is 4.97. The van der Waals surface area contributed by atoms with Gasteiger partial charge in [0.25, 0.3) is 5.91 Å². The molecular weight excluding hydrogens is 334 g/mol. The van der Waals surface area contributed by atoms with Crippen molar-refractivity contribution in [3.8, 4) is 11.5 Å². The highest BCUT2D eigenvalue weighted by Crippen LogP contribution is 2.29. The van der Waals surface area contributed by atoms with E-state index in [-0.39, 0.29) is 17.6 Å². The average Bonchev–Trinajstić information content (AvgIpc) is 2.81. The van der Waals surface area contributed by atoms with Gasteiger partial charge in [0.15, 0.2) is 0 Å². The molecule has 1 unspecified atom stereocenters. The molecule has 136 valence electrons. The Bertz CT molecular complexity index is 851. The summed E-state index contributed by atoms with van der Waals surface area (Å²) in [6.45, 7) is 2.33. The summed E-state index contributed by atoms with van der Waals surface area (Å²) in [5, 5.41) is 18.8. The van der Waals surface area contributed by atoms with Gasteiger partial charge in [-0.25, -0.2) is 0 Å². The summed E-state index contributed by atoms with van der Waals surface area (Å²) in [6, 6.07) is 9.53. The molecule has 0 radical (unpaired) electrons. The fourth-order valence-corrected chi connectivity index (χ4v) is 2.83. The molecule has 1 atom stereocenters. The lowest BCUT2D eigenvalue weighted by molar-refractivity contribution is -0.115. The molecule has 0 saturated heterocycles. The number of fused-ring (bicyclic) bond motifs is 1. The first-order valence-corrected chi connectivity index (χ1v) is 8.33. The van der Waals surface area contributed by atoms with Gasteiger partial charge in [0.05, 0.1) is 24.5 Å². The lowest BCUT2D eigenvalue weighted by atomic mass is 10.1. The van der Waals surface area contributed by atoms with Gasteiger partial charge in [-0.1, -0.05) is 0 Å². The molecule has 0 spiro atoms. The third-order valence-corrected chi connectivity index (χ3v) is 4.27. The number of amides is 2. The van der Waals surface area contributed by atoms with Crippen molar-refractivity contribution in [3.63, 3.8) is 0 Å². The maximum atomic E-state index is 12.6. The van der Waals surface area contributed by atoms with Crippen LogP contribution in [0.15, 0.2) is 36.4 Å². The van der Waals surface area contributed by atoms with Gasteiger partial charge in [0.1, 0.15) is 11.5 Å². The number of carbonyl (C=O) groups excluding carboxylic acids is 2. The summed E-state index contributed by atoms with van der Waals surface area (Å²) in [5.41, 5.74) is 2.34. The number of phenolic OH excluding ortho intramolecular Hbond substituents is 1. The Labute approximate surface area is 151 Å². The Balaban J connectivity index is 1.79. The Morgan fingerprint density at radius 3 is 2.81 bits per heavy atom. The lowest BCUT2D eigenvalue weighted by Crippen LogP contribution is -2.26. The normalized spacial score (nSPS) is 14.3. The molecule has 4 N–H and O–H groups in total. The second-order valence-electron chi connectivity index (χ2n) is 6.11. The number of hydrogen-bond acceptors (Lipinski definition) is 5. The van der Waals surface area contributed by atoms with Crippen molar-refractivity contribution in [2.24, 2.45) is 0 Å². The molecule has 1 aliphatic heterocycles. The molecule has 26 heavy (non-hydrogen) atoms. The second-order valence-corrected chi connectivity index (χ2v) is 6.11. The van der Waals surface area contributed by atoms with Crippen molar-refractivity contribution in [2.75, 3.05) is 24.3 Å². The monoisotopic (exact) mass is 355 g/mol. The number of carbonyl (C=O) groups is 2. The van der Waals surface area contributed by atoms with Gasteiger partial charge in [-0.3, -0.25) is 9.59 Å². The molecule has 2 aromatic rings. The maximum absolute atomic E-state index is 12.6. The number of benzene rings is 2. The van der Waals surface area contributed by atoms with Gasteiger partial charge in [0.2, 0.25) is 5.91 Å². The number of phenols is 1. The van der Waals surface area contributed by atoms with E-state index in [1.165, 1.54) is 13.2 Å². The Morgan fingerprint density at radius 2 is 2.04 bits per heavy atom. The predicted molar refractivity (Wildman–Crippen MR) is 98.7 cm³/mol. The molecule has 0 bridgehead atoms. The van der Waals surface area contributed by atoms with Crippen molar-refractivity contribution in [2.45, 2.75) is 19.4 Å². The highest BCUT2D eigenvalue weighted by atomic mass is 16.5. The van der Waals surface area contributed by atoms with Gasteiger partial charge >= 0.3 is 0 Å². The number of hydrogen-bond donors (Lipinski definition) is 4. The van der Waals surface area contributed by atoms with E-state index in [0.717, 1.165) is 5.69 Å². The summed E-state index contributed by atoms with van der Waals surface area (Å²) < 4.78 is 5.16. The molecule has 2 aromatic carbocycles. The fourth-order valence-electron chi connectivity index (χ4n) is 2.83. The van der Waals surface area contributed by atoms with E-state index >= 15 is 0 Å². The molecule has 7 nitrogen and oxygen atoms in total. The number of methoxy groups -OCH3 is 1. The first-order valence-electron chi connectivity index (χ1n) is 8.33. The van der Waals surface area contributed by atoms with E-state index in [2.05, 4.69) is 16.0 Å². The lowest BCUT2D eigenvalue weighted by Gasteiger charge is -2.17. The molecule has 3 rings (SSSR count). The van der Waals surface area contributed by atoms with E-state index in [1.807, 2.05) is 0 Å². The van der Waals surface area contributed by atoms with Crippen LogP contribution in [0.25, 0.3) is 0 Å². The first-order chi connectivity index (χ1) is 12.5. The molecular formula is C19H21N3O4. The largest absolute Gasteiger partial charge is 0.508 e. The molecule has 1 heterocycles. The maximum Gasteiger partial charge on any atom is 0.251 e. The van der Waals surface area contributed by atoms with Crippen LogP contribution in [0.4, 0.5) is 11.4 Å². The quantitative estimate of drug-likeness (QED) is 0.676. The fraction of sp³-hybridized carbons (Fsp3) is 0.263. The van der Waals surface area contributed by atoms with Gasteiger partial charge in [-0.05, 0) is 43.3 Å². The summed E-state index contributed by atoms with van der Waals surface area (Å²) in [6.07, 6.45) is 0.377. The van der Waals surface area contributed by atoms with Crippen molar-refractivity contribution >= 4 is 23.2 Å². The van der Waals surface area contributed by atoms with Crippen LogP contribution in [0.2, 0.25) is 0 Å². The van der Waals surface area contributed by atoms with Gasteiger partial charge in [-0.15, -0.1) is 0 Å². The van der Waals surface area contributed by atoms with Crippen LogP contribution in [0, 0.1) is 0 Å². The Morgan fingerprint density at radius 1 is 1.23 bits per heavy atom. The van der Waals surface area contributed by atoms with Crippen molar-refractivity contribution in [1.29, 1.82) is 0 Å². The zero-order valence-electron chi connectivity index (χ0n) is 14.6. The summed E-state index contributed by atoms with van der Waals surface area (Å²) in [5.74, 6) is 0.277. The number of aromatic hydroxyl groups is 1. The highest BCUT2D eigenvalue weighted by Gasteiger charge is 2.18. The third-order valence-electron chi connectivity index (χ3n) is 4.27. The van der Waals surface area contributed by atoms with Crippen LogP contribution in [-0.2, 0) is 4.79 Å². The zero-order valence-corrected chi connectivity index (χ0v) is 14.6. The molecule has 0 saturated carbocycles. The van der Waals surface area contributed by atoms with E-state index in [1.54, 1.807) is 37.3 Å². The van der Waals surface area contributed by atoms with Crippen LogP contribution < -0.4 is 20.7 Å². The van der Waals surface area contributed by atoms with Crippen LogP contribution >= 0.6 is 0 Å². The molecule has 0 aliphatic carbocycles. The molecule has 7 heteroatoms. The van der Waals surface area contributed by atoms with Crippen molar-refractivity contribution < 1.29 is 19.4 Å². The predicted octanol–water partition coefficient (Wildman–Crippen LogP) is 2.65. The van der Waals surface area contributed by atoms with Gasteiger partial charge < -0.3 is 25.8 Å². The minimum Gasteiger partial charge on any atom is -0.508 e. The minimum atomic E-state index is -0.427. The number of ether oxygens (including phenoxy) is 1. The minimum absolute atomic E-state index is 0.0805. The van der Waals surface area contributed by atoms with Crippen LogP contribution in [0.1, 0.15) is 35.3 Å².